The highest BCUT2D eigenvalue weighted by Crippen LogP contribution is 2.27. The summed E-state index contributed by atoms with van der Waals surface area (Å²) in [5, 5.41) is 11.8. The Balaban J connectivity index is 2.38. The van der Waals surface area contributed by atoms with E-state index in [1.54, 1.807) is 0 Å². The van der Waals surface area contributed by atoms with Crippen LogP contribution < -0.4 is 5.32 Å². The van der Waals surface area contributed by atoms with Gasteiger partial charge in [-0.1, -0.05) is 0 Å². The summed E-state index contributed by atoms with van der Waals surface area (Å²) in [5.74, 6) is -0.218. The Labute approximate surface area is 107 Å². The van der Waals surface area contributed by atoms with E-state index in [9.17, 15) is 14.7 Å². The first-order chi connectivity index (χ1) is 8.42. The highest BCUT2D eigenvalue weighted by atomic mass is 16.5. The zero-order chi connectivity index (χ0) is 13.7. The van der Waals surface area contributed by atoms with E-state index in [2.05, 4.69) is 10.1 Å². The molecule has 0 aromatic heterocycles. The fourth-order valence-electron chi connectivity index (χ4n) is 2.24. The van der Waals surface area contributed by atoms with E-state index >= 15 is 0 Å². The van der Waals surface area contributed by atoms with Crippen LogP contribution in [-0.2, 0) is 14.3 Å². The van der Waals surface area contributed by atoms with E-state index in [4.69, 9.17) is 0 Å². The zero-order valence-electron chi connectivity index (χ0n) is 11.2. The predicted molar refractivity (Wildman–Crippen MR) is 65.8 cm³/mol. The molecule has 1 atom stereocenters. The lowest BCUT2D eigenvalue weighted by molar-refractivity contribution is -0.145. The first-order valence-electron chi connectivity index (χ1n) is 6.14. The molecule has 1 unspecified atom stereocenters. The molecule has 0 heterocycles. The maximum absolute atomic E-state index is 11.5. The minimum atomic E-state index is -0.637. The van der Waals surface area contributed by atoms with Crippen molar-refractivity contribution in [2.75, 3.05) is 27.2 Å². The highest BCUT2D eigenvalue weighted by Gasteiger charge is 2.29. The third kappa shape index (κ3) is 4.62. The number of hydrogen-bond donors (Lipinski definition) is 2. The van der Waals surface area contributed by atoms with Crippen molar-refractivity contribution in [2.24, 2.45) is 5.92 Å². The van der Waals surface area contributed by atoms with Crippen LogP contribution in [0.3, 0.4) is 0 Å². The normalized spacial score (nSPS) is 24.3. The minimum absolute atomic E-state index is 0.171. The summed E-state index contributed by atoms with van der Waals surface area (Å²) in [6.45, 7) is 2.60. The minimum Gasteiger partial charge on any atom is -0.467 e. The molecule has 1 fully saturated rings. The largest absolute Gasteiger partial charge is 0.467 e. The number of carbonyl (C=O) groups excluding carboxylic acids is 2. The van der Waals surface area contributed by atoms with Crippen LogP contribution in [0.4, 0.5) is 0 Å². The summed E-state index contributed by atoms with van der Waals surface area (Å²) in [7, 11) is 3.20. The molecule has 0 saturated heterocycles. The number of carbonyl (C=O) groups is 2. The average molecular weight is 258 g/mol. The number of ether oxygens (including phenoxy) is 1. The molecule has 0 spiro atoms. The van der Waals surface area contributed by atoms with Gasteiger partial charge in [0, 0.05) is 20.0 Å². The van der Waals surface area contributed by atoms with Gasteiger partial charge in [0.15, 0.2) is 0 Å². The topological polar surface area (TPSA) is 78.9 Å². The SMILES string of the molecule is COC(=O)C(CN(C)CC1CC(O)C1)NC(C)=O. The quantitative estimate of drug-likeness (QED) is 0.620. The van der Waals surface area contributed by atoms with E-state index in [1.807, 2.05) is 11.9 Å². The monoisotopic (exact) mass is 258 g/mol. The van der Waals surface area contributed by atoms with Crippen LogP contribution in [0.15, 0.2) is 0 Å². The summed E-state index contributed by atoms with van der Waals surface area (Å²) >= 11 is 0. The van der Waals surface area contributed by atoms with E-state index in [0.717, 1.165) is 19.4 Å². The van der Waals surface area contributed by atoms with Crippen molar-refractivity contribution in [1.29, 1.82) is 0 Å². The molecule has 0 radical (unpaired) electrons. The number of nitrogens with one attached hydrogen (secondary N) is 1. The van der Waals surface area contributed by atoms with Crippen molar-refractivity contribution in [2.45, 2.75) is 31.9 Å². The molecule has 1 amide bonds. The molecule has 1 rings (SSSR count). The standard InChI is InChI=1S/C12H22N2O4/c1-8(15)13-11(12(17)18-3)7-14(2)6-9-4-10(16)5-9/h9-11,16H,4-7H2,1-3H3,(H,13,15). The molecule has 0 bridgehead atoms. The Kier molecular flexibility index (Phi) is 5.55. The lowest BCUT2D eigenvalue weighted by Crippen LogP contribution is -2.49. The van der Waals surface area contributed by atoms with Crippen molar-refractivity contribution in [3.8, 4) is 0 Å². The molecule has 6 heteroatoms. The number of rotatable bonds is 6. The van der Waals surface area contributed by atoms with Gasteiger partial charge in [-0.2, -0.15) is 0 Å². The maximum atomic E-state index is 11.5. The van der Waals surface area contributed by atoms with Gasteiger partial charge in [0.1, 0.15) is 6.04 Å². The fraction of sp³-hybridized carbons (Fsp3) is 0.833. The second-order valence-electron chi connectivity index (χ2n) is 4.99. The van der Waals surface area contributed by atoms with Crippen LogP contribution in [0.1, 0.15) is 19.8 Å². The Morgan fingerprint density at radius 1 is 1.50 bits per heavy atom. The fourth-order valence-corrected chi connectivity index (χ4v) is 2.24. The third-order valence-corrected chi connectivity index (χ3v) is 3.14. The van der Waals surface area contributed by atoms with E-state index in [-0.39, 0.29) is 12.0 Å². The maximum Gasteiger partial charge on any atom is 0.329 e. The van der Waals surface area contributed by atoms with Crippen molar-refractivity contribution < 1.29 is 19.4 Å². The highest BCUT2D eigenvalue weighted by molar-refractivity contribution is 5.83. The second kappa shape index (κ2) is 6.70. The van der Waals surface area contributed by atoms with Crippen LogP contribution in [0.25, 0.3) is 0 Å². The number of esters is 1. The smallest absolute Gasteiger partial charge is 0.329 e. The van der Waals surface area contributed by atoms with Crippen LogP contribution in [0.2, 0.25) is 0 Å². The number of aliphatic hydroxyl groups is 1. The number of hydrogen-bond acceptors (Lipinski definition) is 5. The first-order valence-corrected chi connectivity index (χ1v) is 6.14. The predicted octanol–water partition coefficient (Wildman–Crippen LogP) is -0.633. The van der Waals surface area contributed by atoms with Gasteiger partial charge in [-0.25, -0.2) is 4.79 Å². The molecular formula is C12H22N2O4. The first kappa shape index (κ1) is 14.9. The molecular weight excluding hydrogens is 236 g/mol. The van der Waals surface area contributed by atoms with Crippen LogP contribution in [0.5, 0.6) is 0 Å². The van der Waals surface area contributed by atoms with Gasteiger partial charge in [0.2, 0.25) is 5.91 Å². The van der Waals surface area contributed by atoms with Gasteiger partial charge in [-0.15, -0.1) is 0 Å². The van der Waals surface area contributed by atoms with E-state index in [0.29, 0.717) is 12.5 Å². The number of nitrogens with zero attached hydrogens (tertiary/aromatic N) is 1. The molecule has 0 aliphatic heterocycles. The Bertz CT molecular complexity index is 302. The number of aliphatic hydroxyl groups excluding tert-OH is 1. The van der Waals surface area contributed by atoms with Crippen LogP contribution in [0, 0.1) is 5.92 Å². The molecule has 6 nitrogen and oxygen atoms in total. The van der Waals surface area contributed by atoms with Crippen molar-refractivity contribution in [1.82, 2.24) is 10.2 Å². The molecule has 0 aromatic carbocycles. The number of likely N-dealkylation sites (N-methyl/N-ethyl adjacent to an activating group) is 1. The summed E-state index contributed by atoms with van der Waals surface area (Å²) in [4.78, 5) is 24.5. The van der Waals surface area contributed by atoms with Gasteiger partial charge in [-0.3, -0.25) is 4.79 Å². The lowest BCUT2D eigenvalue weighted by atomic mass is 9.82. The summed E-state index contributed by atoms with van der Waals surface area (Å²) < 4.78 is 4.66. The number of amides is 1. The second-order valence-corrected chi connectivity index (χ2v) is 4.99. The van der Waals surface area contributed by atoms with Gasteiger partial charge in [0.05, 0.1) is 13.2 Å². The number of methoxy groups -OCH3 is 1. The van der Waals surface area contributed by atoms with Gasteiger partial charge in [0.25, 0.3) is 0 Å². The van der Waals surface area contributed by atoms with Gasteiger partial charge in [-0.05, 0) is 25.8 Å². The van der Waals surface area contributed by atoms with E-state index in [1.165, 1.54) is 14.0 Å². The van der Waals surface area contributed by atoms with Crippen molar-refractivity contribution in [3.63, 3.8) is 0 Å². The lowest BCUT2D eigenvalue weighted by Gasteiger charge is -2.35. The molecule has 0 aromatic rings. The molecule has 1 aliphatic rings. The molecule has 18 heavy (non-hydrogen) atoms. The Hall–Kier alpha value is -1.14. The van der Waals surface area contributed by atoms with Crippen LogP contribution in [-0.4, -0.2) is 61.3 Å². The molecule has 2 N–H and O–H groups in total. The van der Waals surface area contributed by atoms with Gasteiger partial charge < -0.3 is 20.1 Å². The third-order valence-electron chi connectivity index (χ3n) is 3.14. The average Bonchev–Trinajstić information content (AvgIpc) is 2.24. The van der Waals surface area contributed by atoms with Crippen LogP contribution >= 0.6 is 0 Å². The van der Waals surface area contributed by atoms with Gasteiger partial charge >= 0.3 is 5.97 Å². The molecule has 1 saturated carbocycles. The van der Waals surface area contributed by atoms with Crippen molar-refractivity contribution >= 4 is 11.9 Å². The molecule has 1 aliphatic carbocycles. The Morgan fingerprint density at radius 2 is 2.11 bits per heavy atom. The Morgan fingerprint density at radius 3 is 2.56 bits per heavy atom. The summed E-state index contributed by atoms with van der Waals surface area (Å²) in [6, 6.07) is -0.637. The molecule has 104 valence electrons. The van der Waals surface area contributed by atoms with E-state index < -0.39 is 12.0 Å². The summed E-state index contributed by atoms with van der Waals surface area (Å²) in [5.41, 5.74) is 0. The summed E-state index contributed by atoms with van der Waals surface area (Å²) in [6.07, 6.45) is 1.45. The van der Waals surface area contributed by atoms with Crippen molar-refractivity contribution in [3.05, 3.63) is 0 Å². The zero-order valence-corrected chi connectivity index (χ0v) is 11.2.